The van der Waals surface area contributed by atoms with Crippen molar-refractivity contribution >= 4 is 49.2 Å². The lowest BCUT2D eigenvalue weighted by Gasteiger charge is -2.04. The summed E-state index contributed by atoms with van der Waals surface area (Å²) >= 11 is 12.4. The highest BCUT2D eigenvalue weighted by Crippen LogP contribution is 2.21. The van der Waals surface area contributed by atoms with Gasteiger partial charge in [-0.05, 0) is 55.6 Å². The molecule has 0 saturated carbocycles. The molecule has 2 rings (SSSR count). The van der Waals surface area contributed by atoms with Crippen molar-refractivity contribution < 1.29 is 4.79 Å². The molecule has 0 aliphatic rings. The maximum atomic E-state index is 12.1. The van der Waals surface area contributed by atoms with Crippen LogP contribution in [-0.2, 0) is 6.42 Å². The number of carbonyl (C=O) groups excluding carboxylic acids is 1. The van der Waals surface area contributed by atoms with Crippen molar-refractivity contribution in [2.75, 3.05) is 0 Å². The summed E-state index contributed by atoms with van der Waals surface area (Å²) in [6, 6.07) is 9.03. The molecular weight excluding hydrogens is 381 g/mol. The van der Waals surface area contributed by atoms with E-state index in [0.29, 0.717) is 21.6 Å². The first-order chi connectivity index (χ1) is 8.56. The van der Waals surface area contributed by atoms with Gasteiger partial charge in [0.2, 0.25) is 0 Å². The van der Waals surface area contributed by atoms with Crippen molar-refractivity contribution in [2.24, 2.45) is 0 Å². The van der Waals surface area contributed by atoms with Crippen molar-refractivity contribution in [3.05, 3.63) is 61.8 Å². The van der Waals surface area contributed by atoms with E-state index in [-0.39, 0.29) is 5.78 Å². The highest BCUT2D eigenvalue weighted by molar-refractivity contribution is 9.11. The second kappa shape index (κ2) is 5.95. The molecule has 0 fully saturated rings. The van der Waals surface area contributed by atoms with Crippen LogP contribution in [0.25, 0.3) is 0 Å². The lowest BCUT2D eigenvalue weighted by molar-refractivity contribution is 0.0987. The van der Waals surface area contributed by atoms with Crippen LogP contribution in [0.1, 0.15) is 16.1 Å². The number of nitrogens with zero attached hydrogens (tertiary/aromatic N) is 1. The summed E-state index contributed by atoms with van der Waals surface area (Å²) in [5.41, 5.74) is 1.36. The molecule has 0 N–H and O–H groups in total. The van der Waals surface area contributed by atoms with Crippen molar-refractivity contribution in [1.29, 1.82) is 0 Å². The van der Waals surface area contributed by atoms with Crippen LogP contribution in [0, 0.1) is 0 Å². The number of hydrogen-bond acceptors (Lipinski definition) is 2. The minimum Gasteiger partial charge on any atom is -0.292 e. The molecule has 0 saturated heterocycles. The Labute approximate surface area is 127 Å². The van der Waals surface area contributed by atoms with Gasteiger partial charge in [-0.2, -0.15) is 0 Å². The first-order valence-electron chi connectivity index (χ1n) is 5.15. The van der Waals surface area contributed by atoms with Gasteiger partial charge >= 0.3 is 0 Å². The third-order valence-electron chi connectivity index (χ3n) is 2.35. The van der Waals surface area contributed by atoms with Crippen molar-refractivity contribution in [1.82, 2.24) is 4.98 Å². The maximum Gasteiger partial charge on any atom is 0.186 e. The summed E-state index contributed by atoms with van der Waals surface area (Å²) in [6.07, 6.45) is 1.92. The number of carbonyl (C=O) groups is 1. The van der Waals surface area contributed by atoms with Gasteiger partial charge in [-0.15, -0.1) is 0 Å². The molecule has 2 nitrogen and oxygen atoms in total. The molecule has 0 unspecified atom stereocenters. The molecule has 0 aliphatic heterocycles. The molecule has 2 aromatic rings. The highest BCUT2D eigenvalue weighted by atomic mass is 79.9. The Bertz CT molecular complexity index is 584. The maximum absolute atomic E-state index is 12.1. The third kappa shape index (κ3) is 3.40. The summed E-state index contributed by atoms with van der Waals surface area (Å²) in [7, 11) is 0. The Morgan fingerprint density at radius 3 is 2.50 bits per heavy atom. The molecule has 5 heteroatoms. The zero-order valence-electron chi connectivity index (χ0n) is 9.16. The molecule has 1 aromatic heterocycles. The molecule has 92 valence electrons. The summed E-state index contributed by atoms with van der Waals surface area (Å²) < 4.78 is 1.52. The topological polar surface area (TPSA) is 30.0 Å². The quantitative estimate of drug-likeness (QED) is 0.713. The molecule has 0 spiro atoms. The van der Waals surface area contributed by atoms with E-state index in [1.165, 1.54) is 0 Å². The molecule has 0 bridgehead atoms. The van der Waals surface area contributed by atoms with Crippen LogP contribution in [0.15, 0.2) is 45.5 Å². The number of benzene rings is 1. The standard InChI is InChI=1S/C13H8Br2ClNO/c14-9-6-11(15)13(17-7-9)12(18)5-8-1-3-10(16)4-2-8/h1-4,6-7H,5H2. The Morgan fingerprint density at radius 1 is 1.22 bits per heavy atom. The van der Waals surface area contributed by atoms with Gasteiger partial charge in [0.25, 0.3) is 0 Å². The largest absolute Gasteiger partial charge is 0.292 e. The van der Waals surface area contributed by atoms with Crippen LogP contribution in [0.4, 0.5) is 0 Å². The normalized spacial score (nSPS) is 10.4. The predicted molar refractivity (Wildman–Crippen MR) is 79.1 cm³/mol. The summed E-state index contributed by atoms with van der Waals surface area (Å²) in [4.78, 5) is 16.2. The van der Waals surface area contributed by atoms with Gasteiger partial charge in [0, 0.05) is 26.6 Å². The minimum atomic E-state index is -0.0308. The van der Waals surface area contributed by atoms with E-state index in [0.717, 1.165) is 10.0 Å². The van der Waals surface area contributed by atoms with Crippen molar-refractivity contribution in [3.8, 4) is 0 Å². The van der Waals surface area contributed by atoms with E-state index < -0.39 is 0 Å². The number of Topliss-reactive ketones (excluding diaryl/α,β-unsaturated/α-hetero) is 1. The lowest BCUT2D eigenvalue weighted by atomic mass is 10.1. The van der Waals surface area contributed by atoms with E-state index in [1.807, 2.05) is 18.2 Å². The van der Waals surface area contributed by atoms with E-state index in [9.17, 15) is 4.79 Å². The monoisotopic (exact) mass is 387 g/mol. The summed E-state index contributed by atoms with van der Waals surface area (Å²) in [5.74, 6) is -0.0308. The molecule has 1 aromatic carbocycles. The van der Waals surface area contributed by atoms with Gasteiger partial charge in [0.15, 0.2) is 5.78 Å². The van der Waals surface area contributed by atoms with Gasteiger partial charge in [-0.3, -0.25) is 9.78 Å². The molecule has 0 amide bonds. The van der Waals surface area contributed by atoms with Crippen LogP contribution in [0.3, 0.4) is 0 Å². The Hall–Kier alpha value is -0.710. The number of ketones is 1. The molecule has 1 heterocycles. The summed E-state index contributed by atoms with van der Waals surface area (Å²) in [5, 5.41) is 0.661. The Morgan fingerprint density at radius 2 is 1.89 bits per heavy atom. The van der Waals surface area contributed by atoms with Crippen LogP contribution in [-0.4, -0.2) is 10.8 Å². The second-order valence-corrected chi connectivity index (χ2v) is 5.92. The number of halogens is 3. The number of rotatable bonds is 3. The zero-order chi connectivity index (χ0) is 13.1. The summed E-state index contributed by atoms with van der Waals surface area (Å²) in [6.45, 7) is 0. The van der Waals surface area contributed by atoms with Gasteiger partial charge in [-0.1, -0.05) is 23.7 Å². The molecular formula is C13H8Br2ClNO. The van der Waals surface area contributed by atoms with Crippen LogP contribution >= 0.6 is 43.5 Å². The number of aromatic nitrogens is 1. The fourth-order valence-corrected chi connectivity index (χ4v) is 2.83. The predicted octanol–water partition coefficient (Wildman–Crippen LogP) is 4.69. The van der Waals surface area contributed by atoms with Gasteiger partial charge in [0.05, 0.1) is 0 Å². The molecule has 0 aliphatic carbocycles. The van der Waals surface area contributed by atoms with Crippen LogP contribution in [0.5, 0.6) is 0 Å². The Balaban J connectivity index is 2.19. The smallest absolute Gasteiger partial charge is 0.186 e. The van der Waals surface area contributed by atoms with E-state index in [1.54, 1.807) is 18.3 Å². The third-order valence-corrected chi connectivity index (χ3v) is 3.64. The van der Waals surface area contributed by atoms with E-state index in [2.05, 4.69) is 36.8 Å². The van der Waals surface area contributed by atoms with Crippen molar-refractivity contribution in [2.45, 2.75) is 6.42 Å². The average Bonchev–Trinajstić information content (AvgIpc) is 2.32. The average molecular weight is 389 g/mol. The number of hydrogen-bond donors (Lipinski definition) is 0. The zero-order valence-corrected chi connectivity index (χ0v) is 13.1. The van der Waals surface area contributed by atoms with Gasteiger partial charge in [0.1, 0.15) is 5.69 Å². The van der Waals surface area contributed by atoms with E-state index in [4.69, 9.17) is 11.6 Å². The molecule has 0 atom stereocenters. The molecule has 0 radical (unpaired) electrons. The first kappa shape index (κ1) is 13.7. The first-order valence-corrected chi connectivity index (χ1v) is 7.11. The molecule has 18 heavy (non-hydrogen) atoms. The van der Waals surface area contributed by atoms with Gasteiger partial charge < -0.3 is 0 Å². The second-order valence-electron chi connectivity index (χ2n) is 3.71. The van der Waals surface area contributed by atoms with E-state index >= 15 is 0 Å². The lowest BCUT2D eigenvalue weighted by Crippen LogP contribution is -2.06. The fraction of sp³-hybridized carbons (Fsp3) is 0.0769. The number of pyridine rings is 1. The van der Waals surface area contributed by atoms with Crippen molar-refractivity contribution in [3.63, 3.8) is 0 Å². The minimum absolute atomic E-state index is 0.0308. The Kier molecular flexibility index (Phi) is 4.54. The SMILES string of the molecule is O=C(Cc1ccc(Cl)cc1)c1ncc(Br)cc1Br. The van der Waals surface area contributed by atoms with Gasteiger partial charge in [-0.25, -0.2) is 0 Å². The highest BCUT2D eigenvalue weighted by Gasteiger charge is 2.12. The fourth-order valence-electron chi connectivity index (χ4n) is 1.49. The van der Waals surface area contributed by atoms with Crippen LogP contribution in [0.2, 0.25) is 5.02 Å². The van der Waals surface area contributed by atoms with Crippen LogP contribution < -0.4 is 0 Å².